The van der Waals surface area contributed by atoms with E-state index in [0.717, 1.165) is 35.3 Å². The largest absolute Gasteiger partial charge is 0.441 e. The summed E-state index contributed by atoms with van der Waals surface area (Å²) in [5.41, 5.74) is 3.15. The van der Waals surface area contributed by atoms with Crippen molar-refractivity contribution in [2.24, 2.45) is 0 Å². The number of nitrogens with zero attached hydrogens (tertiary/aromatic N) is 3. The van der Waals surface area contributed by atoms with Gasteiger partial charge < -0.3 is 4.42 Å². The van der Waals surface area contributed by atoms with Crippen molar-refractivity contribution in [3.8, 4) is 0 Å². The number of unbranched alkanes of at least 4 members (excludes halogenated alkanes) is 2. The van der Waals surface area contributed by atoms with Gasteiger partial charge in [-0.3, -0.25) is 4.55 Å². The molecular weight excluding hydrogens is 370 g/mol. The van der Waals surface area contributed by atoms with Gasteiger partial charge in [0.25, 0.3) is 0 Å². The zero-order valence-electron chi connectivity index (χ0n) is 15.3. The highest BCUT2D eigenvalue weighted by atomic mass is 32.3. The number of aromatic nitrogens is 3. The highest BCUT2D eigenvalue weighted by Crippen LogP contribution is 2.22. The fourth-order valence-electron chi connectivity index (χ4n) is 3.09. The molecule has 3 rings (SSSR count). The molecule has 146 valence electrons. The molecule has 1 N–H and O–H groups in total. The van der Waals surface area contributed by atoms with E-state index in [4.69, 9.17) is 13.2 Å². The second-order valence-corrected chi connectivity index (χ2v) is 7.57. The van der Waals surface area contributed by atoms with Crippen molar-refractivity contribution < 1.29 is 21.6 Å². The summed E-state index contributed by atoms with van der Waals surface area (Å²) in [4.78, 5) is 4.44. The van der Waals surface area contributed by atoms with Gasteiger partial charge in [0.15, 0.2) is 17.7 Å². The fraction of sp³-hybridized carbons (Fsp3) is 0.444. The Labute approximate surface area is 158 Å². The fourth-order valence-corrected chi connectivity index (χ4v) is 3.55. The normalized spacial score (nSPS) is 13.3. The Bertz CT molecular complexity index is 976. The number of benzene rings is 1. The second-order valence-electron chi connectivity index (χ2n) is 6.52. The number of fused-ring (bicyclic) bond motifs is 1. The molecule has 3 aromatic rings. The molecule has 27 heavy (non-hydrogen) atoms. The van der Waals surface area contributed by atoms with Gasteiger partial charge in [0.1, 0.15) is 5.52 Å². The van der Waals surface area contributed by atoms with Gasteiger partial charge in [0.05, 0.1) is 5.69 Å². The summed E-state index contributed by atoms with van der Waals surface area (Å²) in [7, 11) is -4.57. The lowest BCUT2D eigenvalue weighted by Crippen LogP contribution is -2.19. The Morgan fingerprint density at radius 1 is 1.22 bits per heavy atom. The Balaban J connectivity index is 1.53. The smallest absolute Gasteiger partial charge is 0.399 e. The predicted molar refractivity (Wildman–Crippen MR) is 99.6 cm³/mol. The molecule has 0 spiro atoms. The van der Waals surface area contributed by atoms with Crippen LogP contribution < -0.4 is 0 Å². The van der Waals surface area contributed by atoms with E-state index in [1.54, 1.807) is 0 Å². The van der Waals surface area contributed by atoms with Gasteiger partial charge in [0, 0.05) is 12.1 Å². The average molecular weight is 393 g/mol. The molecule has 0 aliphatic heterocycles. The van der Waals surface area contributed by atoms with E-state index in [0.29, 0.717) is 25.2 Å². The summed E-state index contributed by atoms with van der Waals surface area (Å²) in [5.74, 6) is 0.695. The predicted octanol–water partition coefficient (Wildman–Crippen LogP) is 3.76. The van der Waals surface area contributed by atoms with Crippen molar-refractivity contribution >= 4 is 21.5 Å². The molecule has 2 aromatic heterocycles. The van der Waals surface area contributed by atoms with Gasteiger partial charge in [-0.2, -0.15) is 13.5 Å². The zero-order valence-corrected chi connectivity index (χ0v) is 16.1. The Morgan fingerprint density at radius 3 is 2.67 bits per heavy atom. The molecule has 1 aromatic carbocycles. The Hall–Kier alpha value is -2.23. The molecule has 8 nitrogen and oxygen atoms in total. The van der Waals surface area contributed by atoms with Gasteiger partial charge in [-0.05, 0) is 51.3 Å². The number of oxazole rings is 1. The van der Waals surface area contributed by atoms with Crippen molar-refractivity contribution in [2.75, 3.05) is 0 Å². The first-order valence-electron chi connectivity index (χ1n) is 8.85. The maximum Gasteiger partial charge on any atom is 0.399 e. The van der Waals surface area contributed by atoms with E-state index < -0.39 is 16.6 Å². The molecule has 0 aliphatic rings. The van der Waals surface area contributed by atoms with Crippen molar-refractivity contribution in [3.63, 3.8) is 0 Å². The molecule has 2 heterocycles. The molecule has 0 saturated heterocycles. The number of para-hydroxylation sites is 2. The zero-order chi connectivity index (χ0) is 19.4. The van der Waals surface area contributed by atoms with E-state index in [1.807, 2.05) is 44.2 Å². The van der Waals surface area contributed by atoms with Gasteiger partial charge in [-0.25, -0.2) is 13.8 Å². The molecule has 0 bridgehead atoms. The first kappa shape index (κ1) is 19.5. The molecule has 0 saturated carbocycles. The minimum atomic E-state index is -4.57. The lowest BCUT2D eigenvalue weighted by atomic mass is 10.1. The van der Waals surface area contributed by atoms with Crippen molar-refractivity contribution in [3.05, 3.63) is 47.6 Å². The Kier molecular flexibility index (Phi) is 5.93. The number of hydrogen-bond donors (Lipinski definition) is 1. The molecular formula is C18H23N3O5S. The number of aryl methyl sites for hydroxylation is 3. The molecule has 0 aliphatic carbocycles. The van der Waals surface area contributed by atoms with E-state index in [1.165, 1.54) is 4.68 Å². The highest BCUT2D eigenvalue weighted by Gasteiger charge is 2.21. The maximum atomic E-state index is 11.2. The minimum absolute atomic E-state index is 0.412. The van der Waals surface area contributed by atoms with Crippen molar-refractivity contribution in [2.45, 2.75) is 52.2 Å². The standard InChI is InChI=1S/C18H23N3O5S/c1-13-12-14(2)21(20-13)18(26-27(22,23)24)11-5-3-4-10-17-19-15-8-6-7-9-16(15)25-17/h6-9,12,18H,3-5,10-11H2,1-2H3,(H,22,23,24). The van der Waals surface area contributed by atoms with Crippen LogP contribution >= 0.6 is 0 Å². The van der Waals surface area contributed by atoms with Gasteiger partial charge in [0.2, 0.25) is 0 Å². The summed E-state index contributed by atoms with van der Waals surface area (Å²) in [6.07, 6.45) is 2.65. The van der Waals surface area contributed by atoms with Crippen molar-refractivity contribution in [1.82, 2.24) is 14.8 Å². The summed E-state index contributed by atoms with van der Waals surface area (Å²) < 4.78 is 43.4. The lowest BCUT2D eigenvalue weighted by Gasteiger charge is -2.17. The first-order chi connectivity index (χ1) is 12.8. The SMILES string of the molecule is Cc1cc(C)n(C(CCCCCc2nc3ccccc3o2)OS(=O)(=O)O)n1. The molecule has 0 amide bonds. The average Bonchev–Trinajstić information content (AvgIpc) is 3.14. The minimum Gasteiger partial charge on any atom is -0.441 e. The second kappa shape index (κ2) is 8.20. The van der Waals surface area contributed by atoms with E-state index in [2.05, 4.69) is 10.1 Å². The van der Waals surface area contributed by atoms with Crippen molar-refractivity contribution in [1.29, 1.82) is 0 Å². The van der Waals surface area contributed by atoms with Crippen LogP contribution in [0.2, 0.25) is 0 Å². The summed E-state index contributed by atoms with van der Waals surface area (Å²) in [6.45, 7) is 3.63. The van der Waals surface area contributed by atoms with Gasteiger partial charge >= 0.3 is 10.4 Å². The van der Waals surface area contributed by atoms with Crippen LogP contribution in [0.1, 0.15) is 49.2 Å². The van der Waals surface area contributed by atoms with Crippen LogP contribution in [0, 0.1) is 13.8 Å². The van der Waals surface area contributed by atoms with Crippen LogP contribution in [-0.2, 0) is 21.0 Å². The third kappa shape index (κ3) is 5.38. The number of hydrogen-bond acceptors (Lipinski definition) is 6. The monoisotopic (exact) mass is 393 g/mol. The van der Waals surface area contributed by atoms with Crippen LogP contribution in [0.25, 0.3) is 11.1 Å². The lowest BCUT2D eigenvalue weighted by molar-refractivity contribution is 0.0940. The number of rotatable bonds is 9. The Morgan fingerprint density at radius 2 is 2.00 bits per heavy atom. The van der Waals surface area contributed by atoms with Crippen LogP contribution in [0.15, 0.2) is 34.7 Å². The summed E-state index contributed by atoms with van der Waals surface area (Å²) in [6, 6.07) is 9.45. The molecule has 1 unspecified atom stereocenters. The van der Waals surface area contributed by atoms with E-state index >= 15 is 0 Å². The summed E-state index contributed by atoms with van der Waals surface area (Å²) >= 11 is 0. The maximum absolute atomic E-state index is 11.2. The van der Waals surface area contributed by atoms with Crippen LogP contribution in [0.3, 0.4) is 0 Å². The van der Waals surface area contributed by atoms with E-state index in [9.17, 15) is 8.42 Å². The third-order valence-electron chi connectivity index (χ3n) is 4.23. The molecule has 0 fully saturated rings. The van der Waals surface area contributed by atoms with Crippen LogP contribution in [-0.4, -0.2) is 27.7 Å². The molecule has 9 heteroatoms. The first-order valence-corrected chi connectivity index (χ1v) is 10.2. The topological polar surface area (TPSA) is 107 Å². The highest BCUT2D eigenvalue weighted by molar-refractivity contribution is 7.80. The quantitative estimate of drug-likeness (QED) is 0.435. The summed E-state index contributed by atoms with van der Waals surface area (Å²) in [5, 5.41) is 4.26. The third-order valence-corrected chi connectivity index (χ3v) is 4.70. The van der Waals surface area contributed by atoms with Crippen LogP contribution in [0.5, 0.6) is 0 Å². The molecule has 1 atom stereocenters. The van der Waals surface area contributed by atoms with E-state index in [-0.39, 0.29) is 0 Å². The van der Waals surface area contributed by atoms with Gasteiger partial charge in [-0.1, -0.05) is 18.6 Å². The molecule has 0 radical (unpaired) electrons. The van der Waals surface area contributed by atoms with Crippen LogP contribution in [0.4, 0.5) is 0 Å². The van der Waals surface area contributed by atoms with Gasteiger partial charge in [-0.15, -0.1) is 0 Å².